The van der Waals surface area contributed by atoms with E-state index in [9.17, 15) is 18.0 Å². The normalized spacial score (nSPS) is 21.7. The van der Waals surface area contributed by atoms with Gasteiger partial charge in [0.25, 0.3) is 0 Å². The summed E-state index contributed by atoms with van der Waals surface area (Å²) in [6, 6.07) is 0. The van der Waals surface area contributed by atoms with Crippen LogP contribution >= 0.6 is 11.8 Å². The Morgan fingerprint density at radius 1 is 1.53 bits per heavy atom. The van der Waals surface area contributed by atoms with Crippen molar-refractivity contribution >= 4 is 17.7 Å². The molecule has 0 aromatic carbocycles. The predicted octanol–water partition coefficient (Wildman–Crippen LogP) is 0.965. The third-order valence-corrected chi connectivity index (χ3v) is 2.85. The van der Waals surface area contributed by atoms with E-state index < -0.39 is 17.2 Å². The number of rotatable bonds is 4. The molecule has 7 heteroatoms. The van der Waals surface area contributed by atoms with Crippen LogP contribution < -0.4 is 10.6 Å². The fourth-order valence-electron chi connectivity index (χ4n) is 1.35. The molecule has 88 valence electrons. The zero-order valence-electron chi connectivity index (χ0n) is 8.06. The highest BCUT2D eigenvalue weighted by atomic mass is 32.2. The van der Waals surface area contributed by atoms with Crippen molar-refractivity contribution in [2.45, 2.75) is 11.9 Å². The molecule has 0 aromatic heterocycles. The van der Waals surface area contributed by atoms with Crippen LogP contribution in [-0.4, -0.2) is 36.8 Å². The van der Waals surface area contributed by atoms with Gasteiger partial charge in [0.2, 0.25) is 5.91 Å². The van der Waals surface area contributed by atoms with Crippen molar-refractivity contribution in [2.24, 2.45) is 5.92 Å². The summed E-state index contributed by atoms with van der Waals surface area (Å²) in [6.45, 7) is 2.20. The van der Waals surface area contributed by atoms with E-state index in [2.05, 4.69) is 10.6 Å². The molecule has 1 aliphatic heterocycles. The molecular weight excluding hydrogens is 229 g/mol. The first-order chi connectivity index (χ1) is 6.97. The van der Waals surface area contributed by atoms with Crippen LogP contribution in [0.1, 0.15) is 6.42 Å². The Balaban J connectivity index is 2.08. The quantitative estimate of drug-likeness (QED) is 0.771. The lowest BCUT2D eigenvalue weighted by molar-refractivity contribution is -0.119. The monoisotopic (exact) mass is 242 g/mol. The third-order valence-electron chi connectivity index (χ3n) is 2.12. The Labute approximate surface area is 90.2 Å². The average Bonchev–Trinajstić information content (AvgIpc) is 2.62. The number of halogens is 3. The summed E-state index contributed by atoms with van der Waals surface area (Å²) < 4.78 is 35.2. The maximum atomic E-state index is 11.7. The Hall–Kier alpha value is -0.430. The van der Waals surface area contributed by atoms with Crippen LogP contribution in [0.4, 0.5) is 13.2 Å². The van der Waals surface area contributed by atoms with E-state index in [1.807, 2.05) is 0 Å². The zero-order chi connectivity index (χ0) is 11.3. The first-order valence-corrected chi connectivity index (χ1v) is 5.64. The molecule has 3 nitrogen and oxygen atoms in total. The molecule has 15 heavy (non-hydrogen) atoms. The largest absolute Gasteiger partial charge is 0.442 e. The second-order valence-corrected chi connectivity index (χ2v) is 4.44. The van der Waals surface area contributed by atoms with Crippen LogP contribution in [0.15, 0.2) is 0 Å². The Morgan fingerprint density at radius 3 is 2.80 bits per heavy atom. The van der Waals surface area contributed by atoms with Crippen molar-refractivity contribution in [3.8, 4) is 0 Å². The molecule has 0 bridgehead atoms. The lowest BCUT2D eigenvalue weighted by Crippen LogP contribution is -2.32. The Bertz CT molecular complexity index is 216. The van der Waals surface area contributed by atoms with Crippen molar-refractivity contribution in [1.82, 2.24) is 10.6 Å². The van der Waals surface area contributed by atoms with Gasteiger partial charge in [0, 0.05) is 6.54 Å². The summed E-state index contributed by atoms with van der Waals surface area (Å²) in [6.07, 6.45) is 0.965. The molecule has 2 N–H and O–H groups in total. The minimum Gasteiger partial charge on any atom is -0.355 e. The third kappa shape index (κ3) is 5.88. The number of thioether (sulfide) groups is 1. The van der Waals surface area contributed by atoms with Crippen molar-refractivity contribution in [2.75, 3.05) is 25.4 Å². The van der Waals surface area contributed by atoms with Gasteiger partial charge in [-0.05, 0) is 37.2 Å². The molecule has 1 fully saturated rings. The second-order valence-electron chi connectivity index (χ2n) is 3.40. The van der Waals surface area contributed by atoms with E-state index >= 15 is 0 Å². The van der Waals surface area contributed by atoms with E-state index in [1.165, 1.54) is 0 Å². The first-order valence-electron chi connectivity index (χ1n) is 4.65. The van der Waals surface area contributed by atoms with Crippen LogP contribution in [0.2, 0.25) is 0 Å². The van der Waals surface area contributed by atoms with Gasteiger partial charge in [0.05, 0.1) is 5.75 Å². The molecule has 0 saturated carbocycles. The molecule has 1 heterocycles. The molecule has 0 spiro atoms. The van der Waals surface area contributed by atoms with E-state index in [4.69, 9.17) is 0 Å². The highest BCUT2D eigenvalue weighted by Crippen LogP contribution is 2.29. The van der Waals surface area contributed by atoms with E-state index in [1.54, 1.807) is 0 Å². The summed E-state index contributed by atoms with van der Waals surface area (Å²) in [5.74, 6) is -0.752. The van der Waals surface area contributed by atoms with E-state index in [0.29, 0.717) is 12.5 Å². The minimum absolute atomic E-state index is 0.304. The second kappa shape index (κ2) is 5.60. The van der Waals surface area contributed by atoms with Gasteiger partial charge in [0.1, 0.15) is 0 Å². The molecule has 1 saturated heterocycles. The highest BCUT2D eigenvalue weighted by Gasteiger charge is 2.29. The van der Waals surface area contributed by atoms with Gasteiger partial charge < -0.3 is 10.6 Å². The summed E-state index contributed by atoms with van der Waals surface area (Å²) >= 11 is -0.304. The fraction of sp³-hybridized carbons (Fsp3) is 0.875. The molecule has 1 amide bonds. The van der Waals surface area contributed by atoms with Gasteiger partial charge in [-0.2, -0.15) is 13.2 Å². The predicted molar refractivity (Wildman–Crippen MR) is 52.5 cm³/mol. The molecule has 1 aliphatic rings. The van der Waals surface area contributed by atoms with Crippen molar-refractivity contribution in [3.05, 3.63) is 0 Å². The van der Waals surface area contributed by atoms with Gasteiger partial charge in [-0.25, -0.2) is 0 Å². The SMILES string of the molecule is O=C(CSC(F)(F)F)NCC1CCNC1. The van der Waals surface area contributed by atoms with E-state index in [-0.39, 0.29) is 11.8 Å². The summed E-state index contributed by atoms with van der Waals surface area (Å²) in [5.41, 5.74) is -4.33. The molecule has 1 atom stereocenters. The maximum absolute atomic E-state index is 11.7. The van der Waals surface area contributed by atoms with Crippen LogP contribution in [0.5, 0.6) is 0 Å². The summed E-state index contributed by atoms with van der Waals surface area (Å²) in [5, 5.41) is 5.61. The summed E-state index contributed by atoms with van der Waals surface area (Å²) in [7, 11) is 0. The van der Waals surface area contributed by atoms with Crippen LogP contribution in [0, 0.1) is 5.92 Å². The molecule has 1 rings (SSSR count). The zero-order valence-corrected chi connectivity index (χ0v) is 8.88. The van der Waals surface area contributed by atoms with Gasteiger partial charge in [-0.15, -0.1) is 0 Å². The van der Waals surface area contributed by atoms with Gasteiger partial charge >= 0.3 is 5.51 Å². The molecule has 0 radical (unpaired) electrons. The summed E-state index contributed by atoms with van der Waals surface area (Å²) in [4.78, 5) is 11.0. The van der Waals surface area contributed by atoms with Crippen LogP contribution in [-0.2, 0) is 4.79 Å². The van der Waals surface area contributed by atoms with Crippen LogP contribution in [0.3, 0.4) is 0 Å². The first kappa shape index (κ1) is 12.6. The maximum Gasteiger partial charge on any atom is 0.442 e. The Morgan fingerprint density at radius 2 is 2.27 bits per heavy atom. The molecule has 0 aromatic rings. The van der Waals surface area contributed by atoms with Crippen LogP contribution in [0.25, 0.3) is 0 Å². The van der Waals surface area contributed by atoms with Gasteiger partial charge in [-0.1, -0.05) is 0 Å². The number of amides is 1. The smallest absolute Gasteiger partial charge is 0.355 e. The molecular formula is C8H13F3N2OS. The average molecular weight is 242 g/mol. The van der Waals surface area contributed by atoms with Crippen molar-refractivity contribution < 1.29 is 18.0 Å². The van der Waals surface area contributed by atoms with Gasteiger partial charge in [-0.3, -0.25) is 4.79 Å². The number of carbonyl (C=O) groups is 1. The minimum atomic E-state index is -4.33. The number of alkyl halides is 3. The topological polar surface area (TPSA) is 41.1 Å². The number of hydrogen-bond donors (Lipinski definition) is 2. The standard InChI is InChI=1S/C8H13F3N2OS/c9-8(10,11)15-5-7(14)13-4-6-1-2-12-3-6/h6,12H,1-5H2,(H,13,14). The number of nitrogens with one attached hydrogen (secondary N) is 2. The lowest BCUT2D eigenvalue weighted by atomic mass is 10.1. The van der Waals surface area contributed by atoms with Crippen molar-refractivity contribution in [1.29, 1.82) is 0 Å². The number of hydrogen-bond acceptors (Lipinski definition) is 3. The van der Waals surface area contributed by atoms with Crippen molar-refractivity contribution in [3.63, 3.8) is 0 Å². The molecule has 1 unspecified atom stereocenters. The van der Waals surface area contributed by atoms with E-state index in [0.717, 1.165) is 19.5 Å². The van der Waals surface area contributed by atoms with Gasteiger partial charge in [0.15, 0.2) is 0 Å². The highest BCUT2D eigenvalue weighted by molar-refractivity contribution is 8.00. The fourth-order valence-corrected chi connectivity index (χ4v) is 1.74. The Kier molecular flexibility index (Phi) is 4.72. The number of carbonyl (C=O) groups excluding carboxylic acids is 1. The molecule has 0 aliphatic carbocycles. The lowest BCUT2D eigenvalue weighted by Gasteiger charge is -2.10.